The number of carboxylic acid groups (broad SMARTS) is 1. The molecule has 0 amide bonds. The van der Waals surface area contributed by atoms with E-state index >= 15 is 0 Å². The monoisotopic (exact) mass is 283 g/mol. The molecule has 0 spiro atoms. The molecule has 0 saturated carbocycles. The molecular formula is C16H13NO4. The standard InChI is InChI=1S/C16H13NO4/c17-11-12-1-5-14(6-2-12)20-9-10-21-15-7-3-13(4-8-15)16(18)19/h1-8H,9-10H2,(H,18,19). The number of nitriles is 1. The van der Waals surface area contributed by atoms with Gasteiger partial charge in [0.15, 0.2) is 0 Å². The van der Waals surface area contributed by atoms with Crippen molar-refractivity contribution >= 4 is 5.97 Å². The molecule has 0 fully saturated rings. The fourth-order valence-corrected chi connectivity index (χ4v) is 1.64. The van der Waals surface area contributed by atoms with Crippen molar-refractivity contribution in [1.82, 2.24) is 0 Å². The first kappa shape index (κ1) is 14.4. The molecular weight excluding hydrogens is 270 g/mol. The van der Waals surface area contributed by atoms with Crippen LogP contribution in [0, 0.1) is 11.3 Å². The predicted molar refractivity (Wildman–Crippen MR) is 75.5 cm³/mol. The van der Waals surface area contributed by atoms with Crippen LogP contribution in [0.15, 0.2) is 48.5 Å². The Morgan fingerprint density at radius 1 is 0.952 bits per heavy atom. The highest BCUT2D eigenvalue weighted by Crippen LogP contribution is 2.13. The van der Waals surface area contributed by atoms with Crippen molar-refractivity contribution in [2.24, 2.45) is 0 Å². The summed E-state index contributed by atoms with van der Waals surface area (Å²) < 4.78 is 10.9. The van der Waals surface area contributed by atoms with Crippen molar-refractivity contribution in [3.05, 3.63) is 59.7 Å². The van der Waals surface area contributed by atoms with Crippen LogP contribution in [0.5, 0.6) is 11.5 Å². The fraction of sp³-hybridized carbons (Fsp3) is 0.125. The van der Waals surface area contributed by atoms with Gasteiger partial charge in [0.2, 0.25) is 0 Å². The van der Waals surface area contributed by atoms with Crippen molar-refractivity contribution in [2.45, 2.75) is 0 Å². The Labute approximate surface area is 122 Å². The number of carbonyl (C=O) groups is 1. The molecule has 0 atom stereocenters. The van der Waals surface area contributed by atoms with Crippen molar-refractivity contribution < 1.29 is 19.4 Å². The summed E-state index contributed by atoms with van der Waals surface area (Å²) in [6, 6.07) is 15.0. The minimum atomic E-state index is -0.967. The maximum Gasteiger partial charge on any atom is 0.335 e. The molecule has 0 aromatic heterocycles. The summed E-state index contributed by atoms with van der Waals surface area (Å²) in [5.74, 6) is 0.285. The van der Waals surface area contributed by atoms with Gasteiger partial charge in [-0.2, -0.15) is 5.26 Å². The molecule has 0 unspecified atom stereocenters. The number of rotatable bonds is 6. The van der Waals surface area contributed by atoms with Gasteiger partial charge in [0.25, 0.3) is 0 Å². The Kier molecular flexibility index (Phi) is 4.78. The zero-order chi connectivity index (χ0) is 15.1. The Hall–Kier alpha value is -3.00. The topological polar surface area (TPSA) is 79.5 Å². The molecule has 5 nitrogen and oxygen atoms in total. The van der Waals surface area contributed by atoms with Gasteiger partial charge in [-0.05, 0) is 48.5 Å². The molecule has 5 heteroatoms. The van der Waals surface area contributed by atoms with E-state index in [0.29, 0.717) is 30.3 Å². The fourth-order valence-electron chi connectivity index (χ4n) is 1.64. The molecule has 106 valence electrons. The van der Waals surface area contributed by atoms with E-state index in [1.165, 1.54) is 12.1 Å². The highest BCUT2D eigenvalue weighted by atomic mass is 16.5. The van der Waals surface area contributed by atoms with E-state index in [-0.39, 0.29) is 5.56 Å². The summed E-state index contributed by atoms with van der Waals surface area (Å²) in [4.78, 5) is 10.7. The molecule has 1 N–H and O–H groups in total. The van der Waals surface area contributed by atoms with Gasteiger partial charge in [-0.1, -0.05) is 0 Å². The molecule has 2 rings (SSSR count). The molecule has 0 radical (unpaired) electrons. The first-order valence-electron chi connectivity index (χ1n) is 6.28. The average molecular weight is 283 g/mol. The third-order valence-electron chi connectivity index (χ3n) is 2.71. The van der Waals surface area contributed by atoms with E-state index in [0.717, 1.165) is 0 Å². The third-order valence-corrected chi connectivity index (χ3v) is 2.71. The number of aromatic carboxylic acids is 1. The van der Waals surface area contributed by atoms with Crippen LogP contribution < -0.4 is 9.47 Å². The summed E-state index contributed by atoms with van der Waals surface area (Å²) in [5.41, 5.74) is 0.799. The van der Waals surface area contributed by atoms with Crippen LogP contribution in [0.3, 0.4) is 0 Å². The first-order valence-corrected chi connectivity index (χ1v) is 6.28. The Balaban J connectivity index is 1.76. The molecule has 0 heterocycles. The van der Waals surface area contributed by atoms with Crippen LogP contribution in [0.1, 0.15) is 15.9 Å². The van der Waals surface area contributed by atoms with Gasteiger partial charge in [-0.3, -0.25) is 0 Å². The lowest BCUT2D eigenvalue weighted by molar-refractivity contribution is 0.0697. The highest BCUT2D eigenvalue weighted by molar-refractivity contribution is 5.87. The average Bonchev–Trinajstić information content (AvgIpc) is 2.52. The zero-order valence-corrected chi connectivity index (χ0v) is 11.2. The van der Waals surface area contributed by atoms with Gasteiger partial charge in [-0.15, -0.1) is 0 Å². The van der Waals surface area contributed by atoms with E-state index in [1.807, 2.05) is 6.07 Å². The lowest BCUT2D eigenvalue weighted by Gasteiger charge is -2.08. The summed E-state index contributed by atoms with van der Waals surface area (Å²) in [7, 11) is 0. The smallest absolute Gasteiger partial charge is 0.335 e. The van der Waals surface area contributed by atoms with Crippen molar-refractivity contribution in [3.63, 3.8) is 0 Å². The summed E-state index contributed by atoms with van der Waals surface area (Å²) in [6.45, 7) is 0.693. The molecule has 0 saturated heterocycles. The maximum absolute atomic E-state index is 10.7. The lowest BCUT2D eigenvalue weighted by atomic mass is 10.2. The second-order valence-corrected chi connectivity index (χ2v) is 4.16. The number of carboxylic acids is 1. The van der Waals surface area contributed by atoms with Crippen molar-refractivity contribution in [1.29, 1.82) is 5.26 Å². The largest absolute Gasteiger partial charge is 0.490 e. The third kappa shape index (κ3) is 4.25. The summed E-state index contributed by atoms with van der Waals surface area (Å²) >= 11 is 0. The van der Waals surface area contributed by atoms with E-state index in [1.54, 1.807) is 36.4 Å². The van der Waals surface area contributed by atoms with Gasteiger partial charge in [0.1, 0.15) is 24.7 Å². The van der Waals surface area contributed by atoms with Gasteiger partial charge in [0.05, 0.1) is 17.2 Å². The maximum atomic E-state index is 10.7. The van der Waals surface area contributed by atoms with E-state index in [2.05, 4.69) is 0 Å². The second kappa shape index (κ2) is 6.96. The van der Waals surface area contributed by atoms with Crippen molar-refractivity contribution in [2.75, 3.05) is 13.2 Å². The van der Waals surface area contributed by atoms with E-state index in [9.17, 15) is 4.79 Å². The summed E-state index contributed by atoms with van der Waals surface area (Å²) in [5, 5.41) is 17.4. The summed E-state index contributed by atoms with van der Waals surface area (Å²) in [6.07, 6.45) is 0. The Morgan fingerprint density at radius 3 is 1.86 bits per heavy atom. The van der Waals surface area contributed by atoms with Crippen LogP contribution in [-0.2, 0) is 0 Å². The number of hydrogen-bond acceptors (Lipinski definition) is 4. The molecule has 0 aliphatic carbocycles. The second-order valence-electron chi connectivity index (χ2n) is 4.16. The van der Waals surface area contributed by atoms with E-state index < -0.39 is 5.97 Å². The number of ether oxygens (including phenoxy) is 2. The van der Waals surface area contributed by atoms with Gasteiger partial charge in [0, 0.05) is 0 Å². The van der Waals surface area contributed by atoms with E-state index in [4.69, 9.17) is 19.8 Å². The molecule has 0 bridgehead atoms. The minimum Gasteiger partial charge on any atom is -0.490 e. The van der Waals surface area contributed by atoms with Gasteiger partial charge >= 0.3 is 5.97 Å². The Morgan fingerprint density at radius 2 is 1.43 bits per heavy atom. The number of benzene rings is 2. The van der Waals surface area contributed by atoms with Crippen LogP contribution in [0.4, 0.5) is 0 Å². The molecule has 0 aliphatic rings. The number of nitrogens with zero attached hydrogens (tertiary/aromatic N) is 1. The minimum absolute atomic E-state index is 0.219. The van der Waals surface area contributed by atoms with Gasteiger partial charge < -0.3 is 14.6 Å². The normalized spacial score (nSPS) is 9.67. The first-order chi connectivity index (χ1) is 10.2. The van der Waals surface area contributed by atoms with Crippen molar-refractivity contribution in [3.8, 4) is 17.6 Å². The van der Waals surface area contributed by atoms with Crippen LogP contribution in [-0.4, -0.2) is 24.3 Å². The van der Waals surface area contributed by atoms with Gasteiger partial charge in [-0.25, -0.2) is 4.79 Å². The highest BCUT2D eigenvalue weighted by Gasteiger charge is 2.02. The quantitative estimate of drug-likeness (QED) is 0.824. The molecule has 0 aliphatic heterocycles. The van der Waals surface area contributed by atoms with Crippen LogP contribution in [0.25, 0.3) is 0 Å². The number of hydrogen-bond donors (Lipinski definition) is 1. The lowest BCUT2D eigenvalue weighted by Crippen LogP contribution is -2.09. The van der Waals surface area contributed by atoms with Crippen LogP contribution >= 0.6 is 0 Å². The SMILES string of the molecule is N#Cc1ccc(OCCOc2ccc(C(=O)O)cc2)cc1. The Bertz CT molecular complexity index is 641. The molecule has 2 aromatic carbocycles. The van der Waals surface area contributed by atoms with Crippen LogP contribution in [0.2, 0.25) is 0 Å². The predicted octanol–water partition coefficient (Wildman–Crippen LogP) is 2.71. The molecule has 21 heavy (non-hydrogen) atoms. The zero-order valence-electron chi connectivity index (χ0n) is 11.2. The molecule has 2 aromatic rings.